The van der Waals surface area contributed by atoms with Gasteiger partial charge >= 0.3 is 18.0 Å². The van der Waals surface area contributed by atoms with E-state index in [-0.39, 0.29) is 12.1 Å². The molecule has 2 aliphatic rings. The molecule has 0 radical (unpaired) electrons. The first-order chi connectivity index (χ1) is 11.3. The Hall–Kier alpha value is -2.68. The van der Waals surface area contributed by atoms with Crippen molar-refractivity contribution in [2.75, 3.05) is 5.32 Å². The zero-order valence-electron chi connectivity index (χ0n) is 12.4. The minimum Gasteiger partial charge on any atom is -0.481 e. The van der Waals surface area contributed by atoms with E-state index in [1.807, 2.05) is 0 Å². The monoisotopic (exact) mass is 337 g/mol. The smallest absolute Gasteiger partial charge is 0.324 e. The second-order valence-electron chi connectivity index (χ2n) is 6.20. The summed E-state index contributed by atoms with van der Waals surface area (Å²) in [5, 5.41) is 23.3. The number of nitrogens with one attached hydrogen (secondary N) is 2. The molecule has 2 saturated carbocycles. The summed E-state index contributed by atoms with van der Waals surface area (Å²) in [4.78, 5) is 34.6. The first-order valence-electron chi connectivity index (χ1n) is 7.33. The molecule has 2 amide bonds. The Morgan fingerprint density at radius 1 is 1.25 bits per heavy atom. The Morgan fingerprint density at radius 3 is 2.50 bits per heavy atom. The molecule has 24 heavy (non-hydrogen) atoms. The maximum atomic E-state index is 13.5. The number of anilines is 1. The van der Waals surface area contributed by atoms with E-state index < -0.39 is 53.1 Å². The number of benzene rings is 1. The van der Waals surface area contributed by atoms with Crippen molar-refractivity contribution in [3.63, 3.8) is 0 Å². The van der Waals surface area contributed by atoms with Crippen LogP contribution in [0.25, 0.3) is 0 Å². The molecule has 3 rings (SSSR count). The van der Waals surface area contributed by atoms with Gasteiger partial charge in [-0.05, 0) is 24.5 Å². The zero-order valence-corrected chi connectivity index (χ0v) is 12.4. The van der Waals surface area contributed by atoms with Crippen molar-refractivity contribution in [2.24, 2.45) is 23.5 Å². The molecule has 6 N–H and O–H groups in total. The Morgan fingerprint density at radius 2 is 1.92 bits per heavy atom. The van der Waals surface area contributed by atoms with Gasteiger partial charge in [0, 0.05) is 12.0 Å². The van der Waals surface area contributed by atoms with Crippen LogP contribution < -0.4 is 16.4 Å². The summed E-state index contributed by atoms with van der Waals surface area (Å²) in [5.41, 5.74) is 4.14. The minimum atomic E-state index is -1.69. The Balaban J connectivity index is 1.71. The van der Waals surface area contributed by atoms with E-state index >= 15 is 0 Å². The highest BCUT2D eigenvalue weighted by Gasteiger charge is 2.74. The summed E-state index contributed by atoms with van der Waals surface area (Å²) in [7, 11) is 0. The number of amides is 2. The van der Waals surface area contributed by atoms with E-state index in [0.29, 0.717) is 0 Å². The second kappa shape index (κ2) is 5.45. The molecule has 0 aromatic heterocycles. The van der Waals surface area contributed by atoms with Gasteiger partial charge in [-0.2, -0.15) is 0 Å². The van der Waals surface area contributed by atoms with Crippen molar-refractivity contribution in [3.8, 4) is 0 Å². The van der Waals surface area contributed by atoms with Crippen molar-refractivity contribution >= 4 is 23.7 Å². The zero-order chi connectivity index (χ0) is 17.6. The van der Waals surface area contributed by atoms with Crippen LogP contribution in [0.4, 0.5) is 14.9 Å². The summed E-state index contributed by atoms with van der Waals surface area (Å²) < 4.78 is 13.5. The van der Waals surface area contributed by atoms with Crippen LogP contribution in [0.5, 0.6) is 0 Å². The third-order valence-corrected chi connectivity index (χ3v) is 4.81. The number of hydrogen-bond donors (Lipinski definition) is 5. The lowest BCUT2D eigenvalue weighted by atomic mass is 9.90. The molecule has 1 aromatic rings. The van der Waals surface area contributed by atoms with Gasteiger partial charge in [0.05, 0.1) is 11.6 Å². The lowest BCUT2D eigenvalue weighted by Gasteiger charge is -2.25. The number of rotatable bonds is 4. The molecular weight excluding hydrogens is 321 g/mol. The standard InChI is InChI=1S/C15H16FN3O5/c16-6-3-1-2-4-7(6)18-14(24)19-8-5-15(17,13(22)23)11-9(8)10(11)12(20)21/h1-4,8-11H,5,17H2,(H,20,21)(H,22,23)(H2,18,19,24)/t8-,9-,10-,11-,15-/m0/s1. The summed E-state index contributed by atoms with van der Waals surface area (Å²) >= 11 is 0. The average Bonchev–Trinajstić information content (AvgIpc) is 3.18. The summed E-state index contributed by atoms with van der Waals surface area (Å²) in [5.74, 6) is -5.23. The molecule has 0 unspecified atom stereocenters. The third kappa shape index (κ3) is 2.46. The fourth-order valence-electron chi connectivity index (χ4n) is 3.72. The number of para-hydroxylation sites is 1. The van der Waals surface area contributed by atoms with E-state index in [1.165, 1.54) is 18.2 Å². The van der Waals surface area contributed by atoms with Crippen molar-refractivity contribution in [3.05, 3.63) is 30.1 Å². The van der Waals surface area contributed by atoms with Crippen molar-refractivity contribution in [1.82, 2.24) is 5.32 Å². The van der Waals surface area contributed by atoms with E-state index in [2.05, 4.69) is 10.6 Å². The normalized spacial score (nSPS) is 33.4. The fraction of sp³-hybridized carbons (Fsp3) is 0.400. The van der Waals surface area contributed by atoms with Gasteiger partial charge < -0.3 is 26.6 Å². The van der Waals surface area contributed by atoms with Crippen LogP contribution in [-0.2, 0) is 9.59 Å². The molecule has 8 nitrogen and oxygen atoms in total. The van der Waals surface area contributed by atoms with Crippen molar-refractivity contribution in [1.29, 1.82) is 0 Å². The number of fused-ring (bicyclic) bond motifs is 1. The van der Waals surface area contributed by atoms with Gasteiger partial charge in [0.2, 0.25) is 0 Å². The Bertz CT molecular complexity index is 727. The highest BCUT2D eigenvalue weighted by Crippen LogP contribution is 2.61. The summed E-state index contributed by atoms with van der Waals surface area (Å²) in [6.07, 6.45) is -0.0772. The van der Waals surface area contributed by atoms with E-state index in [4.69, 9.17) is 5.73 Å². The maximum absolute atomic E-state index is 13.5. The lowest BCUT2D eigenvalue weighted by Crippen LogP contribution is -2.52. The molecular formula is C15H16FN3O5. The molecule has 128 valence electrons. The maximum Gasteiger partial charge on any atom is 0.324 e. The van der Waals surface area contributed by atoms with Crippen LogP contribution in [0.15, 0.2) is 24.3 Å². The molecule has 9 heteroatoms. The van der Waals surface area contributed by atoms with Crippen LogP contribution in [0.1, 0.15) is 6.42 Å². The number of urea groups is 1. The Labute approximate surface area is 135 Å². The van der Waals surface area contributed by atoms with Gasteiger partial charge in [0.1, 0.15) is 11.4 Å². The van der Waals surface area contributed by atoms with Gasteiger partial charge in [0.25, 0.3) is 0 Å². The number of carboxylic acid groups (broad SMARTS) is 2. The van der Waals surface area contributed by atoms with E-state index in [0.717, 1.165) is 0 Å². The second-order valence-corrected chi connectivity index (χ2v) is 6.20. The quantitative estimate of drug-likeness (QED) is 0.540. The van der Waals surface area contributed by atoms with Gasteiger partial charge in [-0.25, -0.2) is 9.18 Å². The minimum absolute atomic E-state index is 0.0348. The largest absolute Gasteiger partial charge is 0.481 e. The van der Waals surface area contributed by atoms with Crippen molar-refractivity contribution in [2.45, 2.75) is 18.0 Å². The lowest BCUT2D eigenvalue weighted by molar-refractivity contribution is -0.145. The van der Waals surface area contributed by atoms with Gasteiger partial charge in [-0.15, -0.1) is 0 Å². The molecule has 0 heterocycles. The predicted molar refractivity (Wildman–Crippen MR) is 79.6 cm³/mol. The molecule has 0 aliphatic heterocycles. The van der Waals surface area contributed by atoms with Gasteiger partial charge in [0.15, 0.2) is 0 Å². The van der Waals surface area contributed by atoms with E-state index in [9.17, 15) is 29.0 Å². The number of carbonyl (C=O) groups excluding carboxylic acids is 1. The molecule has 0 saturated heterocycles. The molecule has 0 spiro atoms. The van der Waals surface area contributed by atoms with Crippen LogP contribution in [0, 0.1) is 23.6 Å². The van der Waals surface area contributed by atoms with Crippen LogP contribution in [0.3, 0.4) is 0 Å². The highest BCUT2D eigenvalue weighted by molar-refractivity contribution is 5.91. The molecule has 0 bridgehead atoms. The van der Waals surface area contributed by atoms with E-state index in [1.54, 1.807) is 6.07 Å². The Kier molecular flexibility index (Phi) is 3.67. The summed E-state index contributed by atoms with van der Waals surface area (Å²) in [6, 6.07) is 4.11. The number of carboxylic acids is 2. The number of nitrogens with two attached hydrogens (primary N) is 1. The third-order valence-electron chi connectivity index (χ3n) is 4.81. The average molecular weight is 337 g/mol. The molecule has 2 fully saturated rings. The number of hydrogen-bond acceptors (Lipinski definition) is 4. The van der Waals surface area contributed by atoms with Crippen molar-refractivity contribution < 1.29 is 29.0 Å². The van der Waals surface area contributed by atoms with Crippen LogP contribution in [0.2, 0.25) is 0 Å². The number of aliphatic carboxylic acids is 2. The molecule has 1 aromatic carbocycles. The van der Waals surface area contributed by atoms with Gasteiger partial charge in [-0.3, -0.25) is 9.59 Å². The molecule has 2 aliphatic carbocycles. The van der Waals surface area contributed by atoms with Crippen LogP contribution in [-0.4, -0.2) is 39.8 Å². The van der Waals surface area contributed by atoms with Crippen LogP contribution >= 0.6 is 0 Å². The topological polar surface area (TPSA) is 142 Å². The number of halogens is 1. The number of carbonyl (C=O) groups is 3. The predicted octanol–water partition coefficient (Wildman–Crippen LogP) is 0.448. The first-order valence-corrected chi connectivity index (χ1v) is 7.33. The summed E-state index contributed by atoms with van der Waals surface area (Å²) in [6.45, 7) is 0. The SMILES string of the molecule is N[C@@]1(C(=O)O)C[C@H](NC(=O)Nc2ccccc2F)[C@H]2[C@H](C(=O)O)[C@H]21. The van der Waals surface area contributed by atoms with Gasteiger partial charge in [-0.1, -0.05) is 12.1 Å². The highest BCUT2D eigenvalue weighted by atomic mass is 19.1. The molecule has 5 atom stereocenters. The fourth-order valence-corrected chi connectivity index (χ4v) is 3.72. The first kappa shape index (κ1) is 16.2.